The zero-order chi connectivity index (χ0) is 23.5. The number of anilines is 4. The van der Waals surface area contributed by atoms with Gasteiger partial charge in [-0.15, -0.1) is 0 Å². The van der Waals surface area contributed by atoms with Crippen LogP contribution in [0, 0.1) is 5.82 Å². The average molecular weight is 459 g/mol. The van der Waals surface area contributed by atoms with Gasteiger partial charge >= 0.3 is 0 Å². The predicted molar refractivity (Wildman–Crippen MR) is 122 cm³/mol. The van der Waals surface area contributed by atoms with Crippen LogP contribution in [0.15, 0.2) is 61.2 Å². The van der Waals surface area contributed by atoms with Crippen LogP contribution in [0.2, 0.25) is 0 Å². The molecule has 34 heavy (non-hydrogen) atoms. The summed E-state index contributed by atoms with van der Waals surface area (Å²) in [7, 11) is 1.61. The molecule has 10 nitrogen and oxygen atoms in total. The Kier molecular flexibility index (Phi) is 5.56. The number of benzene rings is 2. The Morgan fingerprint density at radius 1 is 1.09 bits per heavy atom. The molecule has 170 valence electrons. The number of carbonyl (C=O) groups excluding carboxylic acids is 1. The fourth-order valence-electron chi connectivity index (χ4n) is 3.28. The van der Waals surface area contributed by atoms with Gasteiger partial charge in [-0.3, -0.25) is 10.1 Å². The second kappa shape index (κ2) is 8.98. The molecule has 1 amide bonds. The average Bonchev–Trinajstić information content (AvgIpc) is 3.05. The minimum Gasteiger partial charge on any atom is -0.497 e. The van der Waals surface area contributed by atoms with Crippen LogP contribution in [0.1, 0.15) is 15.9 Å². The Labute approximate surface area is 193 Å². The highest BCUT2D eigenvalue weighted by Gasteiger charge is 2.20. The van der Waals surface area contributed by atoms with E-state index < -0.39 is 11.7 Å². The number of nitrogens with one attached hydrogen (secondary N) is 3. The maximum atomic E-state index is 13.0. The normalized spacial score (nSPS) is 11.7. The highest BCUT2D eigenvalue weighted by atomic mass is 19.1. The topological polar surface area (TPSA) is 123 Å². The minimum absolute atomic E-state index is 0.104. The first-order valence-corrected chi connectivity index (χ1v) is 10.2. The van der Waals surface area contributed by atoms with E-state index in [2.05, 4.69) is 35.9 Å². The molecule has 0 unspecified atom stereocenters. The Balaban J connectivity index is 1.30. The van der Waals surface area contributed by atoms with Crippen molar-refractivity contribution in [2.45, 2.75) is 6.54 Å². The van der Waals surface area contributed by atoms with Crippen LogP contribution in [-0.4, -0.2) is 33.0 Å². The van der Waals surface area contributed by atoms with Crippen LogP contribution >= 0.6 is 0 Å². The lowest BCUT2D eigenvalue weighted by molar-refractivity contribution is 0.102. The van der Waals surface area contributed by atoms with Crippen molar-refractivity contribution >= 4 is 29.0 Å². The Morgan fingerprint density at radius 2 is 1.88 bits per heavy atom. The van der Waals surface area contributed by atoms with Crippen molar-refractivity contribution in [1.82, 2.24) is 19.9 Å². The lowest BCUT2D eigenvalue weighted by Gasteiger charge is -2.12. The molecular formula is C23H18FN7O3. The number of rotatable bonds is 5. The number of aromatic nitrogens is 4. The van der Waals surface area contributed by atoms with E-state index in [-0.39, 0.29) is 5.95 Å². The molecule has 11 heteroatoms. The van der Waals surface area contributed by atoms with Crippen molar-refractivity contribution in [1.29, 1.82) is 0 Å². The smallest absolute Gasteiger partial charge is 0.258 e. The SMILES string of the molecule is COc1ccc2c(c1)CNc1c(Nc3cnc(NC(=O)c4ccc(F)cc4)nc3)ncnc1O2. The Bertz CT molecular complexity index is 1350. The summed E-state index contributed by atoms with van der Waals surface area (Å²) in [5.74, 6) is 1.47. The molecule has 4 aromatic rings. The molecule has 2 aromatic heterocycles. The Morgan fingerprint density at radius 3 is 2.65 bits per heavy atom. The van der Waals surface area contributed by atoms with Gasteiger partial charge in [0.2, 0.25) is 11.8 Å². The highest BCUT2D eigenvalue weighted by Crippen LogP contribution is 2.39. The van der Waals surface area contributed by atoms with E-state index in [1.165, 1.54) is 43.0 Å². The molecule has 1 aliphatic rings. The van der Waals surface area contributed by atoms with Gasteiger partial charge in [0.25, 0.3) is 5.91 Å². The number of methoxy groups -OCH3 is 1. The summed E-state index contributed by atoms with van der Waals surface area (Å²) < 4.78 is 24.3. The molecule has 0 spiro atoms. The number of carbonyl (C=O) groups is 1. The molecule has 0 bridgehead atoms. The molecule has 0 saturated heterocycles. The van der Waals surface area contributed by atoms with E-state index in [1.807, 2.05) is 18.2 Å². The minimum atomic E-state index is -0.445. The first-order chi connectivity index (χ1) is 16.6. The summed E-state index contributed by atoms with van der Waals surface area (Å²) in [5.41, 5.74) is 2.31. The number of halogens is 1. The van der Waals surface area contributed by atoms with Gasteiger partial charge in [-0.05, 0) is 42.5 Å². The third-order valence-corrected chi connectivity index (χ3v) is 4.99. The summed E-state index contributed by atoms with van der Waals surface area (Å²) in [6.45, 7) is 0.479. The summed E-state index contributed by atoms with van der Waals surface area (Å²) in [6, 6.07) is 10.7. The molecule has 0 fully saturated rings. The van der Waals surface area contributed by atoms with Gasteiger partial charge in [-0.2, -0.15) is 4.98 Å². The maximum absolute atomic E-state index is 13.0. The molecule has 0 saturated carbocycles. The summed E-state index contributed by atoms with van der Waals surface area (Å²) in [6.07, 6.45) is 4.38. The van der Waals surface area contributed by atoms with Gasteiger partial charge in [0, 0.05) is 17.7 Å². The predicted octanol–water partition coefficient (Wildman–Crippen LogP) is 4.13. The van der Waals surface area contributed by atoms with E-state index in [0.29, 0.717) is 40.9 Å². The van der Waals surface area contributed by atoms with E-state index >= 15 is 0 Å². The van der Waals surface area contributed by atoms with Gasteiger partial charge < -0.3 is 20.1 Å². The summed E-state index contributed by atoms with van der Waals surface area (Å²) >= 11 is 0. The van der Waals surface area contributed by atoms with Crippen molar-refractivity contribution in [3.63, 3.8) is 0 Å². The lowest BCUT2D eigenvalue weighted by atomic mass is 10.2. The van der Waals surface area contributed by atoms with E-state index in [0.717, 1.165) is 11.3 Å². The molecule has 3 N–H and O–H groups in total. The largest absolute Gasteiger partial charge is 0.497 e. The van der Waals surface area contributed by atoms with Crippen LogP contribution in [0.3, 0.4) is 0 Å². The molecule has 2 aromatic carbocycles. The monoisotopic (exact) mass is 459 g/mol. The van der Waals surface area contributed by atoms with E-state index in [4.69, 9.17) is 9.47 Å². The second-order valence-electron chi connectivity index (χ2n) is 7.21. The fraction of sp³-hybridized carbons (Fsp3) is 0.0870. The van der Waals surface area contributed by atoms with Crippen molar-refractivity contribution in [3.8, 4) is 17.4 Å². The van der Waals surface area contributed by atoms with Crippen molar-refractivity contribution in [2.24, 2.45) is 0 Å². The molecule has 0 radical (unpaired) electrons. The van der Waals surface area contributed by atoms with Gasteiger partial charge in [0.15, 0.2) is 5.82 Å². The van der Waals surface area contributed by atoms with E-state index in [9.17, 15) is 9.18 Å². The summed E-state index contributed by atoms with van der Waals surface area (Å²) in [5, 5.41) is 8.99. The van der Waals surface area contributed by atoms with Gasteiger partial charge in [0.05, 0.1) is 25.2 Å². The lowest BCUT2D eigenvalue weighted by Crippen LogP contribution is -2.14. The van der Waals surface area contributed by atoms with Gasteiger partial charge in [-0.25, -0.2) is 19.3 Å². The first-order valence-electron chi connectivity index (χ1n) is 10.2. The first kappa shape index (κ1) is 21.1. The number of hydrogen-bond acceptors (Lipinski definition) is 9. The second-order valence-corrected chi connectivity index (χ2v) is 7.21. The van der Waals surface area contributed by atoms with Crippen LogP contribution in [0.25, 0.3) is 0 Å². The molecular weight excluding hydrogens is 441 g/mol. The highest BCUT2D eigenvalue weighted by molar-refractivity contribution is 6.03. The molecule has 0 atom stereocenters. The number of amides is 1. The number of hydrogen-bond donors (Lipinski definition) is 3. The maximum Gasteiger partial charge on any atom is 0.258 e. The van der Waals surface area contributed by atoms with Crippen LogP contribution in [-0.2, 0) is 6.54 Å². The number of nitrogens with zero attached hydrogens (tertiary/aromatic N) is 4. The third kappa shape index (κ3) is 4.39. The van der Waals surface area contributed by atoms with E-state index in [1.54, 1.807) is 7.11 Å². The quantitative estimate of drug-likeness (QED) is 0.404. The zero-order valence-corrected chi connectivity index (χ0v) is 17.9. The molecule has 1 aliphatic heterocycles. The van der Waals surface area contributed by atoms with Gasteiger partial charge in [0.1, 0.15) is 29.3 Å². The Hall–Kier alpha value is -4.80. The molecule has 3 heterocycles. The standard InChI is InChI=1S/C23H18FN7O3/c1-33-17-6-7-18-14(8-17)9-25-19-20(28-12-29-22(19)34-18)30-16-10-26-23(27-11-16)31-21(32)13-2-4-15(24)5-3-13/h2-8,10-12,25H,9H2,1H3,(H,28,29,30)(H,26,27,31,32). The zero-order valence-electron chi connectivity index (χ0n) is 17.9. The van der Waals surface area contributed by atoms with Gasteiger partial charge in [-0.1, -0.05) is 0 Å². The number of fused-ring (bicyclic) bond motifs is 2. The number of ether oxygens (including phenoxy) is 2. The van der Waals surface area contributed by atoms with Crippen molar-refractivity contribution < 1.29 is 18.7 Å². The fourth-order valence-corrected chi connectivity index (χ4v) is 3.28. The van der Waals surface area contributed by atoms with Crippen molar-refractivity contribution in [3.05, 3.63) is 78.1 Å². The van der Waals surface area contributed by atoms with Crippen LogP contribution in [0.5, 0.6) is 17.4 Å². The molecule has 5 rings (SSSR count). The van der Waals surface area contributed by atoms with Crippen LogP contribution in [0.4, 0.5) is 27.5 Å². The van der Waals surface area contributed by atoms with Crippen molar-refractivity contribution in [2.75, 3.05) is 23.1 Å². The summed E-state index contributed by atoms with van der Waals surface area (Å²) in [4.78, 5) is 29.1. The van der Waals surface area contributed by atoms with Crippen LogP contribution < -0.4 is 25.4 Å². The molecule has 0 aliphatic carbocycles. The third-order valence-electron chi connectivity index (χ3n) is 4.99.